The molecule has 1 saturated heterocycles. The Hall–Kier alpha value is -3.71. The van der Waals surface area contributed by atoms with Crippen molar-refractivity contribution in [2.75, 3.05) is 13.2 Å². The fourth-order valence-electron chi connectivity index (χ4n) is 4.39. The number of aryl methyl sites for hydroxylation is 1. The Labute approximate surface area is 191 Å². The lowest BCUT2D eigenvalue weighted by atomic mass is 10.1. The second-order valence-corrected chi connectivity index (χ2v) is 8.35. The highest BCUT2D eigenvalue weighted by Crippen LogP contribution is 2.31. The molecule has 1 N–H and O–H groups in total. The van der Waals surface area contributed by atoms with Crippen molar-refractivity contribution in [3.63, 3.8) is 0 Å². The molecule has 2 aromatic heterocycles. The van der Waals surface area contributed by atoms with Crippen LogP contribution in [0.5, 0.6) is 0 Å². The number of nitrogens with one attached hydrogen (secondary N) is 1. The van der Waals surface area contributed by atoms with Gasteiger partial charge in [-0.2, -0.15) is 5.10 Å². The predicted molar refractivity (Wildman–Crippen MR) is 127 cm³/mol. The molecular weight excluding hydrogens is 416 g/mol. The van der Waals surface area contributed by atoms with E-state index in [9.17, 15) is 9.59 Å². The van der Waals surface area contributed by atoms with Crippen LogP contribution >= 0.6 is 0 Å². The van der Waals surface area contributed by atoms with Crippen molar-refractivity contribution in [3.8, 4) is 16.9 Å². The largest absolute Gasteiger partial charge is 0.376 e. The number of nitrogens with zero attached hydrogens (tertiary/aromatic N) is 3. The van der Waals surface area contributed by atoms with E-state index in [2.05, 4.69) is 5.32 Å². The fraction of sp³-hybridized carbons (Fsp3) is 0.269. The number of hydrogen-bond acceptors (Lipinski definition) is 4. The molecule has 0 aliphatic carbocycles. The van der Waals surface area contributed by atoms with Crippen molar-refractivity contribution in [1.82, 2.24) is 19.7 Å². The molecule has 3 heterocycles. The molecule has 0 bridgehead atoms. The Morgan fingerprint density at radius 1 is 1.12 bits per heavy atom. The Morgan fingerprint density at radius 2 is 1.85 bits per heavy atom. The summed E-state index contributed by atoms with van der Waals surface area (Å²) >= 11 is 0. The maximum Gasteiger partial charge on any atom is 0.252 e. The molecule has 7 nitrogen and oxygen atoms in total. The van der Waals surface area contributed by atoms with Gasteiger partial charge in [0.1, 0.15) is 17.9 Å². The average Bonchev–Trinajstić information content (AvgIpc) is 3.50. The summed E-state index contributed by atoms with van der Waals surface area (Å²) in [6.45, 7) is 3.01. The number of amides is 1. The predicted octanol–water partition coefficient (Wildman–Crippen LogP) is 3.46. The van der Waals surface area contributed by atoms with E-state index in [0.29, 0.717) is 12.2 Å². The molecule has 4 aromatic rings. The fourth-order valence-corrected chi connectivity index (χ4v) is 4.39. The quantitative estimate of drug-likeness (QED) is 0.496. The van der Waals surface area contributed by atoms with E-state index in [1.807, 2.05) is 67.6 Å². The first-order valence-electron chi connectivity index (χ1n) is 11.2. The van der Waals surface area contributed by atoms with Gasteiger partial charge in [0.05, 0.1) is 11.8 Å². The SMILES string of the molecule is Cc1cc(=O)n(CC(=O)NCC2CCCO2)c2c1c(-c1ccccc1)nn2-c1ccccc1. The van der Waals surface area contributed by atoms with Crippen molar-refractivity contribution >= 4 is 16.9 Å². The average molecular weight is 443 g/mol. The number of para-hydroxylation sites is 1. The third-order valence-electron chi connectivity index (χ3n) is 6.02. The highest BCUT2D eigenvalue weighted by Gasteiger charge is 2.22. The molecule has 5 rings (SSSR count). The van der Waals surface area contributed by atoms with Crippen LogP contribution in [-0.2, 0) is 16.1 Å². The smallest absolute Gasteiger partial charge is 0.252 e. The zero-order chi connectivity index (χ0) is 22.8. The summed E-state index contributed by atoms with van der Waals surface area (Å²) in [7, 11) is 0. The molecule has 1 aliphatic rings. The van der Waals surface area contributed by atoms with Crippen LogP contribution in [-0.4, -0.2) is 39.5 Å². The minimum absolute atomic E-state index is 0.0447. The van der Waals surface area contributed by atoms with Gasteiger partial charge in [0.25, 0.3) is 5.56 Å². The van der Waals surface area contributed by atoms with Crippen molar-refractivity contribution in [2.45, 2.75) is 32.4 Å². The van der Waals surface area contributed by atoms with E-state index in [1.54, 1.807) is 10.7 Å². The summed E-state index contributed by atoms with van der Waals surface area (Å²) in [5.74, 6) is -0.222. The van der Waals surface area contributed by atoms with Gasteiger partial charge in [0, 0.05) is 30.2 Å². The lowest BCUT2D eigenvalue weighted by Gasteiger charge is -2.14. The number of benzene rings is 2. The molecule has 0 radical (unpaired) electrons. The minimum Gasteiger partial charge on any atom is -0.376 e. The first-order chi connectivity index (χ1) is 16.1. The summed E-state index contributed by atoms with van der Waals surface area (Å²) < 4.78 is 8.87. The van der Waals surface area contributed by atoms with E-state index >= 15 is 0 Å². The van der Waals surface area contributed by atoms with Crippen molar-refractivity contribution in [3.05, 3.63) is 82.6 Å². The number of hydrogen-bond donors (Lipinski definition) is 1. The van der Waals surface area contributed by atoms with Crippen molar-refractivity contribution < 1.29 is 9.53 Å². The topological polar surface area (TPSA) is 78.2 Å². The van der Waals surface area contributed by atoms with Crippen LogP contribution in [0, 0.1) is 6.92 Å². The van der Waals surface area contributed by atoms with E-state index in [1.165, 1.54) is 4.57 Å². The number of pyridine rings is 1. The molecular formula is C26H26N4O3. The molecule has 1 amide bonds. The number of fused-ring (bicyclic) bond motifs is 1. The van der Waals surface area contributed by atoms with Crippen molar-refractivity contribution in [1.29, 1.82) is 0 Å². The highest BCUT2D eigenvalue weighted by molar-refractivity contribution is 5.95. The van der Waals surface area contributed by atoms with E-state index in [4.69, 9.17) is 9.84 Å². The van der Waals surface area contributed by atoms with Crippen LogP contribution in [0.1, 0.15) is 18.4 Å². The number of ether oxygens (including phenoxy) is 1. The van der Waals surface area contributed by atoms with Gasteiger partial charge in [-0.3, -0.25) is 14.2 Å². The molecule has 33 heavy (non-hydrogen) atoms. The summed E-state index contributed by atoms with van der Waals surface area (Å²) in [6, 6.07) is 21.1. The van der Waals surface area contributed by atoms with Crippen LogP contribution in [0.2, 0.25) is 0 Å². The lowest BCUT2D eigenvalue weighted by Crippen LogP contribution is -2.37. The Morgan fingerprint density at radius 3 is 2.55 bits per heavy atom. The second kappa shape index (κ2) is 9.03. The van der Waals surface area contributed by atoms with Gasteiger partial charge >= 0.3 is 0 Å². The zero-order valence-electron chi connectivity index (χ0n) is 18.5. The number of carbonyl (C=O) groups excluding carboxylic acids is 1. The van der Waals surface area contributed by atoms with Crippen LogP contribution < -0.4 is 10.9 Å². The maximum atomic E-state index is 13.1. The van der Waals surface area contributed by atoms with E-state index in [-0.39, 0.29) is 24.1 Å². The molecule has 2 aromatic carbocycles. The summed E-state index contributed by atoms with van der Waals surface area (Å²) in [4.78, 5) is 25.9. The molecule has 1 unspecified atom stereocenters. The maximum absolute atomic E-state index is 13.1. The molecule has 1 aliphatic heterocycles. The number of rotatable bonds is 6. The monoisotopic (exact) mass is 442 g/mol. The highest BCUT2D eigenvalue weighted by atomic mass is 16.5. The minimum atomic E-state index is -0.232. The second-order valence-electron chi connectivity index (χ2n) is 8.35. The summed E-state index contributed by atoms with van der Waals surface area (Å²) in [6.07, 6.45) is 2.00. The molecule has 0 saturated carbocycles. The van der Waals surface area contributed by atoms with Gasteiger partial charge in [-0.1, -0.05) is 48.5 Å². The van der Waals surface area contributed by atoms with Crippen LogP contribution in [0.4, 0.5) is 0 Å². The first kappa shape index (κ1) is 21.2. The van der Waals surface area contributed by atoms with E-state index in [0.717, 1.165) is 47.3 Å². The summed E-state index contributed by atoms with van der Waals surface area (Å²) in [5.41, 5.74) is 3.75. The van der Waals surface area contributed by atoms with Gasteiger partial charge in [-0.15, -0.1) is 0 Å². The van der Waals surface area contributed by atoms with Gasteiger partial charge in [0.15, 0.2) is 0 Å². The Kier molecular flexibility index (Phi) is 5.79. The molecule has 7 heteroatoms. The van der Waals surface area contributed by atoms with Gasteiger partial charge in [-0.25, -0.2) is 4.68 Å². The molecule has 0 spiro atoms. The number of carbonyl (C=O) groups is 1. The Bertz CT molecular complexity index is 1340. The molecule has 1 fully saturated rings. The molecule has 1 atom stereocenters. The van der Waals surface area contributed by atoms with Gasteiger partial charge < -0.3 is 10.1 Å². The third kappa shape index (κ3) is 4.19. The number of aromatic nitrogens is 3. The summed E-state index contributed by atoms with van der Waals surface area (Å²) in [5, 5.41) is 8.70. The van der Waals surface area contributed by atoms with Gasteiger partial charge in [-0.05, 0) is 37.5 Å². The molecule has 168 valence electrons. The normalized spacial score (nSPS) is 15.7. The van der Waals surface area contributed by atoms with Crippen molar-refractivity contribution in [2.24, 2.45) is 0 Å². The zero-order valence-corrected chi connectivity index (χ0v) is 18.5. The van der Waals surface area contributed by atoms with E-state index < -0.39 is 0 Å². The van der Waals surface area contributed by atoms with Crippen LogP contribution in [0.25, 0.3) is 28.0 Å². The van der Waals surface area contributed by atoms with Crippen LogP contribution in [0.3, 0.4) is 0 Å². The Balaban J connectivity index is 1.63. The lowest BCUT2D eigenvalue weighted by molar-refractivity contribution is -0.122. The first-order valence-corrected chi connectivity index (χ1v) is 11.2. The standard InChI is InChI=1S/C26H26N4O3/c1-18-15-23(32)29(17-22(31)27-16-21-13-8-14-33-21)26-24(18)25(19-9-4-2-5-10-19)28-30(26)20-11-6-3-7-12-20/h2-7,9-12,15,21H,8,13-14,16-17H2,1H3,(H,27,31). The third-order valence-corrected chi connectivity index (χ3v) is 6.02. The van der Waals surface area contributed by atoms with Gasteiger partial charge in [0.2, 0.25) is 5.91 Å². The van der Waals surface area contributed by atoms with Crippen LogP contribution in [0.15, 0.2) is 71.5 Å².